The van der Waals surface area contributed by atoms with Gasteiger partial charge in [0.2, 0.25) is 5.13 Å². The van der Waals surface area contributed by atoms with Crippen LogP contribution in [0, 0.1) is 5.92 Å². The summed E-state index contributed by atoms with van der Waals surface area (Å²) in [7, 11) is 1.53. The van der Waals surface area contributed by atoms with Gasteiger partial charge < -0.3 is 19.3 Å². The van der Waals surface area contributed by atoms with Gasteiger partial charge in [0, 0.05) is 16.3 Å². The van der Waals surface area contributed by atoms with E-state index in [2.05, 4.69) is 24.0 Å². The van der Waals surface area contributed by atoms with Crippen LogP contribution in [-0.2, 0) is 15.3 Å². The van der Waals surface area contributed by atoms with Gasteiger partial charge in [-0.3, -0.25) is 14.5 Å². The highest BCUT2D eigenvalue weighted by atomic mass is 35.5. The Bertz CT molecular complexity index is 1740. The number of anilines is 1. The van der Waals surface area contributed by atoms with Gasteiger partial charge in [-0.15, -0.1) is 10.2 Å². The molecule has 1 aliphatic rings. The number of rotatable bonds is 13. The van der Waals surface area contributed by atoms with Gasteiger partial charge in [-0.25, -0.2) is 0 Å². The van der Waals surface area contributed by atoms with E-state index < -0.39 is 17.7 Å². The summed E-state index contributed by atoms with van der Waals surface area (Å²) in [5, 5.41) is 21.0. The lowest BCUT2D eigenvalue weighted by molar-refractivity contribution is -0.132. The Morgan fingerprint density at radius 3 is 2.50 bits per heavy atom. The van der Waals surface area contributed by atoms with E-state index in [9.17, 15) is 14.7 Å². The number of aromatic nitrogens is 2. The first-order chi connectivity index (χ1) is 22.2. The number of carbonyl (C=O) groups excluding carboxylic acids is 2. The van der Waals surface area contributed by atoms with Crippen molar-refractivity contribution in [2.24, 2.45) is 5.92 Å². The van der Waals surface area contributed by atoms with Crippen LogP contribution in [0.1, 0.15) is 49.9 Å². The lowest BCUT2D eigenvalue weighted by Crippen LogP contribution is -2.29. The molecule has 1 fully saturated rings. The summed E-state index contributed by atoms with van der Waals surface area (Å²) in [6, 6.07) is 18.4. The maximum absolute atomic E-state index is 13.7. The van der Waals surface area contributed by atoms with E-state index in [1.54, 1.807) is 42.5 Å². The van der Waals surface area contributed by atoms with Crippen molar-refractivity contribution >= 4 is 57.3 Å². The van der Waals surface area contributed by atoms with Crippen LogP contribution in [0.25, 0.3) is 5.76 Å². The third-order valence-corrected chi connectivity index (χ3v) is 9.72. The summed E-state index contributed by atoms with van der Waals surface area (Å²) in [5.41, 5.74) is 1.75. The van der Waals surface area contributed by atoms with Crippen molar-refractivity contribution in [1.82, 2.24) is 10.2 Å². The van der Waals surface area contributed by atoms with Crippen molar-refractivity contribution in [3.63, 3.8) is 0 Å². The van der Waals surface area contributed by atoms with Gasteiger partial charge in [0.25, 0.3) is 5.78 Å². The van der Waals surface area contributed by atoms with Crippen molar-refractivity contribution in [2.75, 3.05) is 25.2 Å². The Labute approximate surface area is 281 Å². The third-order valence-electron chi connectivity index (χ3n) is 7.25. The van der Waals surface area contributed by atoms with Gasteiger partial charge in [-0.1, -0.05) is 72.8 Å². The fourth-order valence-electron chi connectivity index (χ4n) is 4.87. The highest BCUT2D eigenvalue weighted by Gasteiger charge is 2.48. The molecule has 1 atom stereocenters. The van der Waals surface area contributed by atoms with Crippen LogP contribution in [0.4, 0.5) is 5.13 Å². The summed E-state index contributed by atoms with van der Waals surface area (Å²) >= 11 is 8.93. The standard InChI is InChI=1S/C34H34ClN3O6S2/c1-5-43-24-13-10-21(11-14-24)30(39)28-29(22-12-15-26(27(18-22)42-4)44-17-16-20(2)3)38(32(41)31(28)40)33-36-37-34(46-33)45-19-23-8-6-7-9-25(23)35/h6-15,18,20,29,39H,5,16-17,19H2,1-4H3/b30-28-. The second-order valence-electron chi connectivity index (χ2n) is 10.8. The average Bonchev–Trinajstić information content (AvgIpc) is 3.62. The van der Waals surface area contributed by atoms with E-state index in [1.165, 1.54) is 35.1 Å². The predicted octanol–water partition coefficient (Wildman–Crippen LogP) is 7.94. The molecule has 1 aliphatic heterocycles. The zero-order valence-electron chi connectivity index (χ0n) is 25.9. The molecule has 240 valence electrons. The summed E-state index contributed by atoms with van der Waals surface area (Å²) in [4.78, 5) is 28.7. The molecule has 46 heavy (non-hydrogen) atoms. The number of ether oxygens (including phenoxy) is 3. The highest BCUT2D eigenvalue weighted by Crippen LogP contribution is 2.46. The molecule has 12 heteroatoms. The van der Waals surface area contributed by atoms with Crippen LogP contribution in [0.2, 0.25) is 5.02 Å². The number of Topliss-reactive ketones (excluding diaryl/α,β-unsaturated/α-hetero) is 1. The molecule has 0 bridgehead atoms. The molecule has 2 heterocycles. The lowest BCUT2D eigenvalue weighted by Gasteiger charge is -2.23. The van der Waals surface area contributed by atoms with Crippen molar-refractivity contribution < 1.29 is 28.9 Å². The monoisotopic (exact) mass is 679 g/mol. The number of thioether (sulfide) groups is 1. The molecule has 1 N–H and O–H groups in total. The Morgan fingerprint density at radius 2 is 1.80 bits per heavy atom. The molecule has 1 saturated heterocycles. The number of carbonyl (C=O) groups is 2. The number of nitrogens with zero attached hydrogens (tertiary/aromatic N) is 3. The zero-order chi connectivity index (χ0) is 32.8. The van der Waals surface area contributed by atoms with Gasteiger partial charge >= 0.3 is 5.91 Å². The molecular weight excluding hydrogens is 646 g/mol. The van der Waals surface area contributed by atoms with Gasteiger partial charge in [0.05, 0.1) is 31.9 Å². The number of benzene rings is 3. The van der Waals surface area contributed by atoms with Crippen LogP contribution < -0.4 is 19.1 Å². The van der Waals surface area contributed by atoms with Crippen molar-refractivity contribution in [2.45, 2.75) is 43.3 Å². The largest absolute Gasteiger partial charge is 0.507 e. The molecule has 0 saturated carbocycles. The molecule has 9 nitrogen and oxygen atoms in total. The minimum Gasteiger partial charge on any atom is -0.507 e. The quantitative estimate of drug-likeness (QED) is 0.0495. The molecule has 3 aromatic carbocycles. The van der Waals surface area contributed by atoms with Gasteiger partial charge in [-0.05, 0) is 72.9 Å². The van der Waals surface area contributed by atoms with Crippen molar-refractivity contribution in [3.8, 4) is 17.2 Å². The van der Waals surface area contributed by atoms with E-state index in [-0.39, 0.29) is 16.5 Å². The average molecular weight is 680 g/mol. The molecule has 1 amide bonds. The first kappa shape index (κ1) is 33.3. The number of methoxy groups -OCH3 is 1. The minimum absolute atomic E-state index is 0.0786. The number of halogens is 1. The Kier molecular flexibility index (Phi) is 10.9. The molecule has 1 unspecified atom stereocenters. The van der Waals surface area contributed by atoms with Gasteiger partial charge in [-0.2, -0.15) is 0 Å². The number of hydrogen-bond donors (Lipinski definition) is 1. The summed E-state index contributed by atoms with van der Waals surface area (Å²) in [5.74, 6) is 0.607. The maximum atomic E-state index is 13.7. The highest BCUT2D eigenvalue weighted by molar-refractivity contribution is 8.00. The molecule has 5 rings (SSSR count). The van der Waals surface area contributed by atoms with E-state index in [4.69, 9.17) is 25.8 Å². The zero-order valence-corrected chi connectivity index (χ0v) is 28.2. The summed E-state index contributed by atoms with van der Waals surface area (Å²) in [6.07, 6.45) is 0.862. The smallest absolute Gasteiger partial charge is 0.301 e. The van der Waals surface area contributed by atoms with Crippen LogP contribution in [-0.4, -0.2) is 47.3 Å². The van der Waals surface area contributed by atoms with Crippen molar-refractivity contribution in [3.05, 3.63) is 94.0 Å². The molecule has 1 aromatic heterocycles. The predicted molar refractivity (Wildman–Crippen MR) is 181 cm³/mol. The lowest BCUT2D eigenvalue weighted by atomic mass is 9.95. The number of amides is 1. The number of hydrogen-bond acceptors (Lipinski definition) is 10. The molecule has 0 aliphatic carbocycles. The normalized spacial score (nSPS) is 15.9. The topological polar surface area (TPSA) is 111 Å². The molecule has 0 radical (unpaired) electrons. The first-order valence-electron chi connectivity index (χ1n) is 14.8. The number of ketones is 1. The second-order valence-corrected chi connectivity index (χ2v) is 13.4. The number of aliphatic hydroxyl groups is 1. The molecule has 4 aromatic rings. The SMILES string of the molecule is CCOc1ccc(/C(O)=C2/C(=O)C(=O)N(c3nnc(SCc4ccccc4Cl)s3)C2c2ccc(OCCC(C)C)c(OC)c2)cc1. The molecular formula is C34H34ClN3O6S2. The first-order valence-corrected chi connectivity index (χ1v) is 16.9. The third kappa shape index (κ3) is 7.32. The Morgan fingerprint density at radius 1 is 1.04 bits per heavy atom. The second kappa shape index (κ2) is 15.0. The van der Waals surface area contributed by atoms with E-state index in [1.807, 2.05) is 31.2 Å². The van der Waals surface area contributed by atoms with E-state index in [0.717, 1.165) is 12.0 Å². The summed E-state index contributed by atoms with van der Waals surface area (Å²) in [6.45, 7) is 7.09. The fourth-order valence-corrected chi connectivity index (χ4v) is 7.02. The molecule has 0 spiro atoms. The summed E-state index contributed by atoms with van der Waals surface area (Å²) < 4.78 is 17.8. The van der Waals surface area contributed by atoms with Gasteiger partial charge in [0.1, 0.15) is 11.5 Å². The van der Waals surface area contributed by atoms with Crippen molar-refractivity contribution in [1.29, 1.82) is 0 Å². The Balaban J connectivity index is 1.55. The maximum Gasteiger partial charge on any atom is 0.301 e. The van der Waals surface area contributed by atoms with Crippen LogP contribution in [0.15, 0.2) is 76.6 Å². The van der Waals surface area contributed by atoms with Crippen LogP contribution >= 0.6 is 34.7 Å². The van der Waals surface area contributed by atoms with Crippen LogP contribution in [0.5, 0.6) is 17.2 Å². The van der Waals surface area contributed by atoms with Crippen LogP contribution in [0.3, 0.4) is 0 Å². The van der Waals surface area contributed by atoms with E-state index in [0.29, 0.717) is 62.6 Å². The van der Waals surface area contributed by atoms with E-state index >= 15 is 0 Å². The fraction of sp³-hybridized carbons (Fsp3) is 0.294. The Hall–Kier alpha value is -4.06. The van der Waals surface area contributed by atoms with Gasteiger partial charge in [0.15, 0.2) is 15.8 Å². The number of aliphatic hydroxyl groups excluding tert-OH is 1. The minimum atomic E-state index is -1.01.